The number of imidazole rings is 1. The van der Waals surface area contributed by atoms with Crippen molar-refractivity contribution < 1.29 is 37.8 Å². The average molecular weight is 545 g/mol. The minimum atomic E-state index is -5.08. The summed E-state index contributed by atoms with van der Waals surface area (Å²) in [6, 6.07) is 15.6. The Morgan fingerprint density at radius 3 is 2.41 bits per heavy atom. The van der Waals surface area contributed by atoms with Gasteiger partial charge in [0.2, 0.25) is 0 Å². The maximum Gasteiger partial charge on any atom is 0.490 e. The Bertz CT molecular complexity index is 1380. The van der Waals surface area contributed by atoms with E-state index < -0.39 is 18.1 Å². The van der Waals surface area contributed by atoms with Gasteiger partial charge in [-0.3, -0.25) is 14.9 Å². The van der Waals surface area contributed by atoms with Crippen LogP contribution >= 0.6 is 0 Å². The molecule has 1 atom stereocenters. The second kappa shape index (κ2) is 11.8. The van der Waals surface area contributed by atoms with E-state index in [4.69, 9.17) is 24.8 Å². The number of morpholine rings is 1. The van der Waals surface area contributed by atoms with Crippen LogP contribution in [0.4, 0.5) is 13.2 Å². The van der Waals surface area contributed by atoms with Gasteiger partial charge in [0, 0.05) is 25.2 Å². The summed E-state index contributed by atoms with van der Waals surface area (Å²) in [5.41, 5.74) is 5.73. The standard InChI is InChI=1S/C25H26N4O3.C2HF3O2/c30-23(28-31)20-6-7-21-22(16-20)27-24(26-21)25(17-29-12-14-32-15-13-29)10-8-19(9-11-25)18-4-2-1-3-5-18;3-2(4,5)1(6)7/h1-10,16,31H,11-15,17H2,(H,26,27)(H,28,30);(H,6,7). The van der Waals surface area contributed by atoms with Gasteiger partial charge in [0.15, 0.2) is 0 Å². The van der Waals surface area contributed by atoms with Crippen LogP contribution < -0.4 is 5.48 Å². The van der Waals surface area contributed by atoms with E-state index in [-0.39, 0.29) is 5.41 Å². The molecule has 9 nitrogen and oxygen atoms in total. The topological polar surface area (TPSA) is 128 Å². The quantitative estimate of drug-likeness (QED) is 0.283. The van der Waals surface area contributed by atoms with Gasteiger partial charge in [0.25, 0.3) is 5.91 Å². The van der Waals surface area contributed by atoms with Crippen molar-refractivity contribution in [3.8, 4) is 0 Å². The molecule has 39 heavy (non-hydrogen) atoms. The van der Waals surface area contributed by atoms with Gasteiger partial charge in [-0.15, -0.1) is 0 Å². The zero-order chi connectivity index (χ0) is 28.0. The second-order valence-electron chi connectivity index (χ2n) is 9.17. The van der Waals surface area contributed by atoms with Crippen molar-refractivity contribution in [1.82, 2.24) is 20.3 Å². The summed E-state index contributed by atoms with van der Waals surface area (Å²) < 4.78 is 37.3. The number of fused-ring (bicyclic) bond motifs is 1. The molecule has 2 heterocycles. The molecule has 1 aliphatic heterocycles. The van der Waals surface area contributed by atoms with Crippen LogP contribution in [0.25, 0.3) is 16.6 Å². The van der Waals surface area contributed by atoms with E-state index in [0.717, 1.165) is 56.1 Å². The molecule has 2 aromatic carbocycles. The van der Waals surface area contributed by atoms with E-state index in [1.807, 2.05) is 6.07 Å². The SMILES string of the molecule is O=C(NO)c1ccc2nc(C3(CN4CCOCC4)C=CC(c4ccccc4)=CC3)[nH]c2c1.O=C(O)C(F)(F)F. The number of carboxylic acids is 1. The van der Waals surface area contributed by atoms with Gasteiger partial charge in [-0.2, -0.15) is 13.2 Å². The Morgan fingerprint density at radius 2 is 1.82 bits per heavy atom. The van der Waals surface area contributed by atoms with Crippen LogP contribution in [-0.4, -0.2) is 76.1 Å². The van der Waals surface area contributed by atoms with Crippen molar-refractivity contribution in [2.45, 2.75) is 18.0 Å². The number of alkyl halides is 3. The Balaban J connectivity index is 0.000000448. The Morgan fingerprint density at radius 1 is 1.13 bits per heavy atom. The third kappa shape index (κ3) is 6.72. The molecule has 1 fully saturated rings. The lowest BCUT2D eigenvalue weighted by Gasteiger charge is -2.37. The minimum absolute atomic E-state index is 0.311. The van der Waals surface area contributed by atoms with Crippen LogP contribution in [-0.2, 0) is 14.9 Å². The number of hydroxylamine groups is 1. The number of rotatable bonds is 5. The lowest BCUT2D eigenvalue weighted by atomic mass is 9.77. The van der Waals surface area contributed by atoms with E-state index in [2.05, 4.69) is 52.4 Å². The lowest BCUT2D eigenvalue weighted by molar-refractivity contribution is -0.192. The zero-order valence-electron chi connectivity index (χ0n) is 20.7. The van der Waals surface area contributed by atoms with Crippen molar-refractivity contribution >= 4 is 28.5 Å². The summed E-state index contributed by atoms with van der Waals surface area (Å²) in [5, 5.41) is 16.1. The summed E-state index contributed by atoms with van der Waals surface area (Å²) in [4.78, 5) is 31.5. The molecule has 0 radical (unpaired) electrons. The number of benzene rings is 2. The third-order valence-corrected chi connectivity index (χ3v) is 6.54. The molecule has 1 unspecified atom stereocenters. The van der Waals surface area contributed by atoms with E-state index in [1.165, 1.54) is 11.1 Å². The highest BCUT2D eigenvalue weighted by molar-refractivity contribution is 5.96. The van der Waals surface area contributed by atoms with E-state index in [0.29, 0.717) is 5.56 Å². The van der Waals surface area contributed by atoms with Crippen LogP contribution in [0, 0.1) is 0 Å². The molecule has 0 saturated carbocycles. The third-order valence-electron chi connectivity index (χ3n) is 6.54. The number of aromatic nitrogens is 2. The molecule has 1 aromatic heterocycles. The number of aromatic amines is 1. The summed E-state index contributed by atoms with van der Waals surface area (Å²) in [6.45, 7) is 4.10. The van der Waals surface area contributed by atoms with Crippen LogP contribution in [0.15, 0.2) is 66.8 Å². The highest BCUT2D eigenvalue weighted by Gasteiger charge is 2.38. The number of carboxylic acid groups (broad SMARTS) is 1. The second-order valence-corrected chi connectivity index (χ2v) is 9.17. The summed E-state index contributed by atoms with van der Waals surface area (Å²) >= 11 is 0. The van der Waals surface area contributed by atoms with E-state index in [1.54, 1.807) is 23.7 Å². The number of hydrogen-bond donors (Lipinski definition) is 4. The number of halogens is 3. The van der Waals surface area contributed by atoms with Crippen LogP contribution in [0.5, 0.6) is 0 Å². The maximum absolute atomic E-state index is 11.8. The molecule has 1 amide bonds. The number of carbonyl (C=O) groups excluding carboxylic acids is 1. The van der Waals surface area contributed by atoms with Gasteiger partial charge in [-0.1, -0.05) is 48.6 Å². The molecule has 4 N–H and O–H groups in total. The first-order chi connectivity index (χ1) is 18.6. The predicted molar refractivity (Wildman–Crippen MR) is 136 cm³/mol. The van der Waals surface area contributed by atoms with Crippen molar-refractivity contribution in [1.29, 1.82) is 0 Å². The van der Waals surface area contributed by atoms with Crippen LogP contribution in [0.1, 0.15) is 28.2 Å². The van der Waals surface area contributed by atoms with Crippen molar-refractivity contribution in [2.24, 2.45) is 0 Å². The van der Waals surface area contributed by atoms with Crippen molar-refractivity contribution in [3.63, 3.8) is 0 Å². The van der Waals surface area contributed by atoms with Gasteiger partial charge in [0.05, 0.1) is 29.7 Å². The minimum Gasteiger partial charge on any atom is -0.475 e. The first-order valence-corrected chi connectivity index (χ1v) is 12.1. The first kappa shape index (κ1) is 28.0. The molecular formula is C27H27F3N4O5. The summed E-state index contributed by atoms with van der Waals surface area (Å²) in [7, 11) is 0. The Labute approximate surface area is 221 Å². The molecule has 3 aromatic rings. The molecule has 12 heteroatoms. The van der Waals surface area contributed by atoms with Gasteiger partial charge in [-0.25, -0.2) is 15.3 Å². The number of H-pyrrole nitrogens is 1. The number of nitrogens with one attached hydrogen (secondary N) is 2. The summed E-state index contributed by atoms with van der Waals surface area (Å²) in [5.74, 6) is -2.42. The number of aliphatic carboxylic acids is 1. The lowest BCUT2D eigenvalue weighted by Crippen LogP contribution is -2.46. The molecular weight excluding hydrogens is 517 g/mol. The smallest absolute Gasteiger partial charge is 0.475 e. The van der Waals surface area contributed by atoms with Gasteiger partial charge in [-0.05, 0) is 35.8 Å². The molecule has 0 spiro atoms. The number of hydrogen-bond acceptors (Lipinski definition) is 6. The fourth-order valence-corrected chi connectivity index (χ4v) is 4.50. The molecule has 2 aliphatic rings. The number of allylic oxidation sites excluding steroid dienone is 3. The molecule has 1 saturated heterocycles. The predicted octanol–water partition coefficient (Wildman–Crippen LogP) is 3.93. The molecule has 206 valence electrons. The summed E-state index contributed by atoms with van der Waals surface area (Å²) in [6.07, 6.45) is 2.48. The highest BCUT2D eigenvalue weighted by Crippen LogP contribution is 2.37. The molecule has 0 bridgehead atoms. The zero-order valence-corrected chi connectivity index (χ0v) is 20.7. The molecule has 1 aliphatic carbocycles. The normalized spacial score (nSPS) is 19.6. The van der Waals surface area contributed by atoms with E-state index >= 15 is 0 Å². The fourth-order valence-electron chi connectivity index (χ4n) is 4.50. The average Bonchev–Trinajstić information content (AvgIpc) is 3.38. The number of nitrogens with zero attached hydrogens (tertiary/aromatic N) is 2. The van der Waals surface area contributed by atoms with Crippen LogP contribution in [0.2, 0.25) is 0 Å². The largest absolute Gasteiger partial charge is 0.490 e. The Kier molecular flexibility index (Phi) is 8.48. The van der Waals surface area contributed by atoms with Crippen molar-refractivity contribution in [2.75, 3.05) is 32.8 Å². The Hall–Kier alpha value is -4.00. The number of ether oxygens (including phenoxy) is 1. The van der Waals surface area contributed by atoms with Gasteiger partial charge in [0.1, 0.15) is 5.82 Å². The highest BCUT2D eigenvalue weighted by atomic mass is 19.4. The fraction of sp³-hybridized carbons (Fsp3) is 0.296. The monoisotopic (exact) mass is 544 g/mol. The number of amides is 1. The van der Waals surface area contributed by atoms with Crippen LogP contribution in [0.3, 0.4) is 0 Å². The molecule has 5 rings (SSSR count). The number of carbonyl (C=O) groups is 2. The van der Waals surface area contributed by atoms with E-state index in [9.17, 15) is 18.0 Å². The van der Waals surface area contributed by atoms with Crippen molar-refractivity contribution in [3.05, 3.63) is 83.7 Å². The van der Waals surface area contributed by atoms with Gasteiger partial charge >= 0.3 is 12.1 Å². The first-order valence-electron chi connectivity index (χ1n) is 12.1. The van der Waals surface area contributed by atoms with Gasteiger partial charge < -0.3 is 14.8 Å². The maximum atomic E-state index is 11.8.